The zero-order chi connectivity index (χ0) is 27.2. The first-order valence-electron chi connectivity index (χ1n) is 12.9. The predicted octanol–water partition coefficient (Wildman–Crippen LogP) is 5.75. The topological polar surface area (TPSA) is 114 Å². The summed E-state index contributed by atoms with van der Waals surface area (Å²) in [5.41, 5.74) is 3.74. The summed E-state index contributed by atoms with van der Waals surface area (Å²) in [7, 11) is 0. The van der Waals surface area contributed by atoms with Gasteiger partial charge in [0.1, 0.15) is 17.4 Å². The number of rotatable bonds is 9. The van der Waals surface area contributed by atoms with E-state index < -0.39 is 12.1 Å². The van der Waals surface area contributed by atoms with E-state index >= 15 is 0 Å². The van der Waals surface area contributed by atoms with E-state index in [1.807, 2.05) is 50.2 Å². The molecule has 0 radical (unpaired) electrons. The molecule has 0 saturated heterocycles. The van der Waals surface area contributed by atoms with E-state index in [1.54, 1.807) is 53.8 Å². The lowest BCUT2D eigenvalue weighted by atomic mass is 10.0. The van der Waals surface area contributed by atoms with Crippen molar-refractivity contribution in [1.29, 1.82) is 0 Å². The van der Waals surface area contributed by atoms with Crippen molar-refractivity contribution in [3.63, 3.8) is 0 Å². The second-order valence-corrected chi connectivity index (χ2v) is 8.93. The highest BCUT2D eigenvalue weighted by Crippen LogP contribution is 2.32. The molecule has 0 spiro atoms. The Labute approximate surface area is 225 Å². The van der Waals surface area contributed by atoms with Crippen LogP contribution in [-0.4, -0.2) is 45.9 Å². The van der Waals surface area contributed by atoms with Crippen LogP contribution in [0.15, 0.2) is 94.2 Å². The van der Waals surface area contributed by atoms with Crippen LogP contribution in [0.3, 0.4) is 0 Å². The monoisotopic (exact) mass is 523 g/mol. The number of likely N-dealkylation sites (N-methyl/N-ethyl adjacent to an activating group) is 1. The molecule has 39 heavy (non-hydrogen) atoms. The maximum atomic E-state index is 13.2. The molecule has 0 unspecified atom stereocenters. The fourth-order valence-electron chi connectivity index (χ4n) is 4.43. The van der Waals surface area contributed by atoms with Crippen molar-refractivity contribution < 1.29 is 18.4 Å². The van der Waals surface area contributed by atoms with E-state index in [9.17, 15) is 9.59 Å². The average Bonchev–Trinajstić information content (AvgIpc) is 3.68. The Morgan fingerprint density at radius 2 is 1.46 bits per heavy atom. The molecule has 3 heterocycles. The van der Waals surface area contributed by atoms with Gasteiger partial charge in [0.15, 0.2) is 11.5 Å². The number of aromatic nitrogens is 2. The van der Waals surface area contributed by atoms with Gasteiger partial charge >= 0.3 is 6.03 Å². The lowest BCUT2D eigenvalue weighted by molar-refractivity contribution is -0.132. The number of benzene rings is 2. The Hall–Kier alpha value is -4.92. The van der Waals surface area contributed by atoms with Gasteiger partial charge in [-0.05, 0) is 61.9 Å². The number of furan rings is 2. The van der Waals surface area contributed by atoms with Crippen molar-refractivity contribution in [2.75, 3.05) is 18.4 Å². The number of anilines is 1. The summed E-state index contributed by atoms with van der Waals surface area (Å²) in [6.45, 7) is 4.97. The zero-order valence-corrected chi connectivity index (χ0v) is 21.8. The Kier molecular flexibility index (Phi) is 7.68. The number of carbonyl (C=O) groups is 2. The minimum atomic E-state index is -0.714. The van der Waals surface area contributed by atoms with Crippen LogP contribution in [0.25, 0.3) is 33.9 Å². The molecular weight excluding hydrogens is 494 g/mol. The number of fused-ring (bicyclic) bond motifs is 1. The van der Waals surface area contributed by atoms with Gasteiger partial charge in [-0.3, -0.25) is 4.79 Å². The normalized spacial score (nSPS) is 11.7. The van der Waals surface area contributed by atoms with Crippen molar-refractivity contribution in [3.05, 3.63) is 90.9 Å². The third-order valence-corrected chi connectivity index (χ3v) is 6.39. The first-order chi connectivity index (χ1) is 19.1. The van der Waals surface area contributed by atoms with Crippen LogP contribution in [-0.2, 0) is 11.2 Å². The van der Waals surface area contributed by atoms with Gasteiger partial charge in [-0.25, -0.2) is 14.8 Å². The molecule has 2 N–H and O–H groups in total. The molecular formula is C30H29N5O4. The van der Waals surface area contributed by atoms with E-state index in [2.05, 4.69) is 10.6 Å². The summed E-state index contributed by atoms with van der Waals surface area (Å²) in [5.74, 6) is 0.988. The highest BCUT2D eigenvalue weighted by atomic mass is 16.3. The minimum Gasteiger partial charge on any atom is -0.463 e. The molecule has 2 aromatic carbocycles. The Morgan fingerprint density at radius 1 is 0.821 bits per heavy atom. The van der Waals surface area contributed by atoms with Gasteiger partial charge in [0, 0.05) is 25.2 Å². The summed E-state index contributed by atoms with van der Waals surface area (Å²) in [6.07, 6.45) is 3.53. The number of hydrogen-bond acceptors (Lipinski definition) is 6. The van der Waals surface area contributed by atoms with Crippen LogP contribution >= 0.6 is 0 Å². The molecule has 3 amide bonds. The molecule has 0 aliphatic carbocycles. The molecule has 0 fully saturated rings. The SMILES string of the molecule is CCN(CC)C(=O)[C@@H](Cc1ccccc1)NC(=O)Nc1ccc2nc(-c3ccco3)c(-c3ccco3)nc2c1. The van der Waals surface area contributed by atoms with E-state index in [1.165, 1.54) is 0 Å². The van der Waals surface area contributed by atoms with Crippen molar-refractivity contribution in [2.45, 2.75) is 26.3 Å². The Morgan fingerprint density at radius 3 is 2.05 bits per heavy atom. The van der Waals surface area contributed by atoms with Gasteiger partial charge in [0.2, 0.25) is 5.91 Å². The first kappa shape index (κ1) is 25.7. The molecule has 0 aliphatic rings. The molecule has 0 saturated carbocycles. The second kappa shape index (κ2) is 11.6. The maximum Gasteiger partial charge on any atom is 0.319 e. The molecule has 5 aromatic rings. The molecule has 5 rings (SSSR count). The third-order valence-electron chi connectivity index (χ3n) is 6.39. The number of urea groups is 1. The van der Waals surface area contributed by atoms with E-state index in [0.29, 0.717) is 59.1 Å². The van der Waals surface area contributed by atoms with Crippen LogP contribution in [0, 0.1) is 0 Å². The molecule has 3 aromatic heterocycles. The van der Waals surface area contributed by atoms with Crippen molar-refractivity contribution in [2.24, 2.45) is 0 Å². The number of carbonyl (C=O) groups excluding carboxylic acids is 2. The van der Waals surface area contributed by atoms with E-state index in [0.717, 1.165) is 5.56 Å². The van der Waals surface area contributed by atoms with Gasteiger partial charge in [-0.15, -0.1) is 0 Å². The van der Waals surface area contributed by atoms with E-state index in [4.69, 9.17) is 18.8 Å². The third kappa shape index (κ3) is 5.82. The van der Waals surface area contributed by atoms with Gasteiger partial charge in [-0.2, -0.15) is 0 Å². The van der Waals surface area contributed by atoms with Crippen LogP contribution in [0.2, 0.25) is 0 Å². The molecule has 0 bridgehead atoms. The van der Waals surface area contributed by atoms with Crippen molar-refractivity contribution in [1.82, 2.24) is 20.2 Å². The summed E-state index contributed by atoms with van der Waals surface area (Å²) in [5, 5.41) is 5.71. The smallest absolute Gasteiger partial charge is 0.319 e. The van der Waals surface area contributed by atoms with Gasteiger partial charge < -0.3 is 24.4 Å². The lowest BCUT2D eigenvalue weighted by Crippen LogP contribution is -2.50. The standard InChI is InChI=1S/C30H29N5O4/c1-3-35(4-2)29(36)24(18-20-10-6-5-7-11-20)34-30(37)31-21-14-15-22-23(19-21)33-28(26-13-9-17-39-26)27(32-22)25-12-8-16-38-25/h5-17,19,24H,3-4,18H2,1-2H3,(H2,31,34,37)/t24-/m1/s1. The molecule has 0 aliphatic heterocycles. The summed E-state index contributed by atoms with van der Waals surface area (Å²) < 4.78 is 11.2. The minimum absolute atomic E-state index is 0.128. The predicted molar refractivity (Wildman–Crippen MR) is 149 cm³/mol. The highest BCUT2D eigenvalue weighted by Gasteiger charge is 2.25. The Bertz CT molecular complexity index is 1550. The Balaban J connectivity index is 1.40. The quantitative estimate of drug-likeness (QED) is 0.254. The number of amides is 3. The van der Waals surface area contributed by atoms with Crippen LogP contribution < -0.4 is 10.6 Å². The number of hydrogen-bond donors (Lipinski definition) is 2. The van der Waals surface area contributed by atoms with Gasteiger partial charge in [0.25, 0.3) is 0 Å². The molecule has 1 atom stereocenters. The van der Waals surface area contributed by atoms with E-state index in [-0.39, 0.29) is 5.91 Å². The second-order valence-electron chi connectivity index (χ2n) is 8.93. The largest absolute Gasteiger partial charge is 0.463 e. The number of nitrogens with zero attached hydrogens (tertiary/aromatic N) is 3. The first-order valence-corrected chi connectivity index (χ1v) is 12.9. The maximum absolute atomic E-state index is 13.2. The van der Waals surface area contributed by atoms with Gasteiger partial charge in [0.05, 0.1) is 23.6 Å². The average molecular weight is 524 g/mol. The fraction of sp³-hybridized carbons (Fsp3) is 0.200. The highest BCUT2D eigenvalue weighted by molar-refractivity contribution is 5.95. The molecule has 198 valence electrons. The lowest BCUT2D eigenvalue weighted by Gasteiger charge is -2.26. The van der Waals surface area contributed by atoms with Crippen molar-refractivity contribution in [3.8, 4) is 22.9 Å². The van der Waals surface area contributed by atoms with Crippen LogP contribution in [0.4, 0.5) is 10.5 Å². The summed E-state index contributed by atoms with van der Waals surface area (Å²) in [4.78, 5) is 37.5. The zero-order valence-electron chi connectivity index (χ0n) is 21.8. The van der Waals surface area contributed by atoms with Gasteiger partial charge in [-0.1, -0.05) is 30.3 Å². The fourth-order valence-corrected chi connectivity index (χ4v) is 4.43. The molecule has 9 heteroatoms. The molecule has 9 nitrogen and oxygen atoms in total. The van der Waals surface area contributed by atoms with Crippen LogP contribution in [0.5, 0.6) is 0 Å². The summed E-state index contributed by atoms with van der Waals surface area (Å²) >= 11 is 0. The number of nitrogens with one attached hydrogen (secondary N) is 2. The van der Waals surface area contributed by atoms with Crippen LogP contribution in [0.1, 0.15) is 19.4 Å². The van der Waals surface area contributed by atoms with Crippen molar-refractivity contribution >= 4 is 28.7 Å². The summed E-state index contributed by atoms with van der Waals surface area (Å²) in [6, 6.07) is 20.9.